The van der Waals surface area contributed by atoms with Gasteiger partial charge in [-0.1, -0.05) is 18.2 Å². The number of methoxy groups -OCH3 is 1. The van der Waals surface area contributed by atoms with E-state index in [0.29, 0.717) is 32.7 Å². The molecule has 0 aromatic heterocycles. The van der Waals surface area contributed by atoms with Crippen LogP contribution < -0.4 is 10.1 Å². The van der Waals surface area contributed by atoms with Crippen molar-refractivity contribution in [3.63, 3.8) is 0 Å². The van der Waals surface area contributed by atoms with E-state index < -0.39 is 10.0 Å². The highest BCUT2D eigenvalue weighted by Gasteiger charge is 2.28. The Morgan fingerprint density at radius 3 is 2.50 bits per heavy atom. The average molecular weight is 413 g/mol. The van der Waals surface area contributed by atoms with Gasteiger partial charge >= 0.3 is 0 Å². The van der Waals surface area contributed by atoms with Gasteiger partial charge in [-0.25, -0.2) is 8.42 Å². The SMILES string of the molecule is CN=C(NCc1ccccc1OC)N1CCN(S(=O)(=O)CCOC(C)C)CC1. The van der Waals surface area contributed by atoms with Gasteiger partial charge in [0.25, 0.3) is 0 Å². The fraction of sp³-hybridized carbons (Fsp3) is 0.632. The Kier molecular flexibility index (Phi) is 8.53. The Morgan fingerprint density at radius 1 is 1.21 bits per heavy atom. The Balaban J connectivity index is 1.87. The van der Waals surface area contributed by atoms with E-state index in [0.717, 1.165) is 17.3 Å². The number of benzene rings is 1. The minimum atomic E-state index is -3.29. The van der Waals surface area contributed by atoms with Crippen LogP contribution in [0.4, 0.5) is 0 Å². The number of ether oxygens (including phenoxy) is 2. The number of sulfonamides is 1. The molecule has 0 unspecified atom stereocenters. The molecule has 0 amide bonds. The van der Waals surface area contributed by atoms with Crippen LogP contribution in [0.2, 0.25) is 0 Å². The number of hydrogen-bond donors (Lipinski definition) is 1. The second kappa shape index (κ2) is 10.6. The van der Waals surface area contributed by atoms with Crippen LogP contribution >= 0.6 is 0 Å². The molecule has 0 bridgehead atoms. The number of rotatable bonds is 8. The van der Waals surface area contributed by atoms with Crippen LogP contribution in [0.15, 0.2) is 29.3 Å². The standard InChI is InChI=1S/C19H32N4O4S/c1-16(2)27-13-14-28(24,25)23-11-9-22(10-12-23)19(20-3)21-15-17-7-5-6-8-18(17)26-4/h5-8,16H,9-15H2,1-4H3,(H,20,21). The van der Waals surface area contributed by atoms with E-state index in [4.69, 9.17) is 9.47 Å². The van der Waals surface area contributed by atoms with Crippen molar-refractivity contribution in [1.29, 1.82) is 0 Å². The summed E-state index contributed by atoms with van der Waals surface area (Å²) in [6.45, 7) is 6.68. The molecule has 1 aliphatic heterocycles. The molecule has 0 saturated carbocycles. The van der Waals surface area contributed by atoms with Crippen molar-refractivity contribution in [1.82, 2.24) is 14.5 Å². The highest BCUT2D eigenvalue weighted by Crippen LogP contribution is 2.17. The Bertz CT molecular complexity index is 744. The van der Waals surface area contributed by atoms with E-state index in [9.17, 15) is 8.42 Å². The van der Waals surface area contributed by atoms with Crippen LogP contribution in [0.25, 0.3) is 0 Å². The van der Waals surface area contributed by atoms with Gasteiger partial charge in [0.2, 0.25) is 10.0 Å². The van der Waals surface area contributed by atoms with Gasteiger partial charge in [-0.15, -0.1) is 0 Å². The van der Waals surface area contributed by atoms with E-state index in [-0.39, 0.29) is 18.5 Å². The third-order valence-electron chi connectivity index (χ3n) is 4.57. The normalized spacial score (nSPS) is 16.5. The molecule has 1 aromatic rings. The molecule has 1 saturated heterocycles. The smallest absolute Gasteiger partial charge is 0.216 e. The zero-order chi connectivity index (χ0) is 20.6. The molecule has 158 valence electrons. The Hall–Kier alpha value is -1.84. The van der Waals surface area contributed by atoms with Crippen molar-refractivity contribution in [2.45, 2.75) is 26.5 Å². The number of nitrogens with one attached hydrogen (secondary N) is 1. The lowest BCUT2D eigenvalue weighted by molar-refractivity contribution is 0.0904. The topological polar surface area (TPSA) is 83.5 Å². The molecular weight excluding hydrogens is 380 g/mol. The first-order valence-electron chi connectivity index (χ1n) is 9.54. The molecule has 8 nitrogen and oxygen atoms in total. The van der Waals surface area contributed by atoms with Gasteiger partial charge in [-0.2, -0.15) is 4.31 Å². The van der Waals surface area contributed by atoms with Crippen molar-refractivity contribution in [2.75, 3.05) is 52.7 Å². The summed E-state index contributed by atoms with van der Waals surface area (Å²) in [5, 5.41) is 3.34. The minimum Gasteiger partial charge on any atom is -0.496 e. The number of guanidine groups is 1. The molecule has 0 aliphatic carbocycles. The van der Waals surface area contributed by atoms with Gasteiger partial charge < -0.3 is 19.7 Å². The maximum atomic E-state index is 12.5. The summed E-state index contributed by atoms with van der Waals surface area (Å²) in [7, 11) is 0.0911. The molecule has 2 rings (SSSR count). The summed E-state index contributed by atoms with van der Waals surface area (Å²) in [4.78, 5) is 6.42. The van der Waals surface area contributed by atoms with Crippen molar-refractivity contribution in [3.8, 4) is 5.75 Å². The summed E-state index contributed by atoms with van der Waals surface area (Å²) in [6, 6.07) is 7.83. The predicted molar refractivity (Wildman–Crippen MR) is 111 cm³/mol. The molecule has 1 fully saturated rings. The number of piperazine rings is 1. The van der Waals surface area contributed by atoms with Gasteiger partial charge in [0.15, 0.2) is 5.96 Å². The molecule has 28 heavy (non-hydrogen) atoms. The summed E-state index contributed by atoms with van der Waals surface area (Å²) in [6.07, 6.45) is 0.0321. The van der Waals surface area contributed by atoms with Gasteiger partial charge in [-0.05, 0) is 19.9 Å². The fourth-order valence-corrected chi connectivity index (χ4v) is 4.34. The van der Waals surface area contributed by atoms with E-state index in [2.05, 4.69) is 15.2 Å². The van der Waals surface area contributed by atoms with E-state index in [1.165, 1.54) is 0 Å². The van der Waals surface area contributed by atoms with Crippen LogP contribution in [-0.4, -0.2) is 82.4 Å². The predicted octanol–water partition coefficient (Wildman–Crippen LogP) is 1.14. The zero-order valence-corrected chi connectivity index (χ0v) is 18.0. The highest BCUT2D eigenvalue weighted by atomic mass is 32.2. The van der Waals surface area contributed by atoms with Gasteiger partial charge in [0.05, 0.1) is 25.6 Å². The number of nitrogens with zero attached hydrogens (tertiary/aromatic N) is 3. The lowest BCUT2D eigenvalue weighted by atomic mass is 10.2. The largest absolute Gasteiger partial charge is 0.496 e. The maximum Gasteiger partial charge on any atom is 0.216 e. The van der Waals surface area contributed by atoms with E-state index >= 15 is 0 Å². The number of para-hydroxylation sites is 1. The van der Waals surface area contributed by atoms with Crippen LogP contribution in [-0.2, 0) is 21.3 Å². The number of hydrogen-bond acceptors (Lipinski definition) is 5. The second-order valence-electron chi connectivity index (χ2n) is 6.83. The molecular formula is C19H32N4O4S. The molecule has 1 heterocycles. The molecule has 9 heteroatoms. The lowest BCUT2D eigenvalue weighted by Gasteiger charge is -2.35. The van der Waals surface area contributed by atoms with Crippen molar-refractivity contribution >= 4 is 16.0 Å². The van der Waals surface area contributed by atoms with Crippen molar-refractivity contribution in [2.24, 2.45) is 4.99 Å². The van der Waals surface area contributed by atoms with Crippen LogP contribution in [0.3, 0.4) is 0 Å². The molecule has 1 aromatic carbocycles. The van der Waals surface area contributed by atoms with E-state index in [1.54, 1.807) is 18.5 Å². The van der Waals surface area contributed by atoms with Crippen molar-refractivity contribution < 1.29 is 17.9 Å². The average Bonchev–Trinajstić information content (AvgIpc) is 2.68. The zero-order valence-electron chi connectivity index (χ0n) is 17.2. The summed E-state index contributed by atoms with van der Waals surface area (Å²) in [5.74, 6) is 1.60. The minimum absolute atomic E-state index is 0.0198. The monoisotopic (exact) mass is 412 g/mol. The number of aliphatic imine (C=N–C) groups is 1. The molecule has 1 N–H and O–H groups in total. The first-order valence-corrected chi connectivity index (χ1v) is 11.1. The lowest BCUT2D eigenvalue weighted by Crippen LogP contribution is -2.54. The van der Waals surface area contributed by atoms with Crippen LogP contribution in [0.1, 0.15) is 19.4 Å². The quantitative estimate of drug-likeness (QED) is 0.509. The maximum absolute atomic E-state index is 12.5. The van der Waals surface area contributed by atoms with Crippen LogP contribution in [0, 0.1) is 0 Å². The van der Waals surface area contributed by atoms with Gasteiger partial charge in [0.1, 0.15) is 5.75 Å². The fourth-order valence-electron chi connectivity index (χ4n) is 3.05. The second-order valence-corrected chi connectivity index (χ2v) is 8.92. The van der Waals surface area contributed by atoms with Crippen LogP contribution in [0.5, 0.6) is 5.75 Å². The molecule has 1 aliphatic rings. The summed E-state index contributed by atoms with van der Waals surface area (Å²) >= 11 is 0. The Labute approximate surface area is 168 Å². The third-order valence-corrected chi connectivity index (χ3v) is 6.40. The van der Waals surface area contributed by atoms with Crippen molar-refractivity contribution in [3.05, 3.63) is 29.8 Å². The molecule has 0 spiro atoms. The molecule has 0 radical (unpaired) electrons. The van der Waals surface area contributed by atoms with E-state index in [1.807, 2.05) is 38.1 Å². The summed E-state index contributed by atoms with van der Waals surface area (Å²) in [5.41, 5.74) is 1.04. The first-order chi connectivity index (χ1) is 13.4. The molecule has 0 atom stereocenters. The van der Waals surface area contributed by atoms with Gasteiger partial charge in [0, 0.05) is 45.3 Å². The Morgan fingerprint density at radius 2 is 1.89 bits per heavy atom. The third kappa shape index (κ3) is 6.35. The first kappa shape index (κ1) is 22.4. The summed E-state index contributed by atoms with van der Waals surface area (Å²) < 4.78 is 37.2. The highest BCUT2D eigenvalue weighted by molar-refractivity contribution is 7.89. The van der Waals surface area contributed by atoms with Gasteiger partial charge in [-0.3, -0.25) is 4.99 Å².